The zero-order valence-electron chi connectivity index (χ0n) is 17.2. The molecular formula is C24H23ClN2O3S. The van der Waals surface area contributed by atoms with Crippen molar-refractivity contribution < 1.29 is 14.3 Å². The first kappa shape index (κ1) is 22.7. The quantitative estimate of drug-likeness (QED) is 0.423. The predicted octanol–water partition coefficient (Wildman–Crippen LogP) is 5.79. The Labute approximate surface area is 191 Å². The molecule has 0 aliphatic heterocycles. The predicted molar refractivity (Wildman–Crippen MR) is 127 cm³/mol. The Hall–Kier alpha value is -2.96. The SMILES string of the molecule is Cc1c(Cl)cccc1NC(=O)C(C)Sc1cccc(NC(=O)COc2ccccc2)c1. The van der Waals surface area contributed by atoms with Crippen molar-refractivity contribution in [3.8, 4) is 5.75 Å². The van der Waals surface area contributed by atoms with Crippen LogP contribution in [0.2, 0.25) is 5.02 Å². The summed E-state index contributed by atoms with van der Waals surface area (Å²) in [5.74, 6) is 0.256. The van der Waals surface area contributed by atoms with Crippen LogP contribution < -0.4 is 15.4 Å². The molecule has 0 saturated carbocycles. The number of ether oxygens (including phenoxy) is 1. The molecule has 2 N–H and O–H groups in total. The van der Waals surface area contributed by atoms with Crippen LogP contribution in [0, 0.1) is 6.92 Å². The Kier molecular flexibility index (Phi) is 7.98. The van der Waals surface area contributed by atoms with Crippen molar-refractivity contribution in [2.75, 3.05) is 17.2 Å². The fourth-order valence-electron chi connectivity index (χ4n) is 2.74. The number of halogens is 1. The fourth-order valence-corrected chi connectivity index (χ4v) is 3.85. The molecule has 3 aromatic rings. The van der Waals surface area contributed by atoms with Crippen molar-refractivity contribution in [1.29, 1.82) is 0 Å². The molecule has 0 aliphatic carbocycles. The third kappa shape index (κ3) is 6.77. The van der Waals surface area contributed by atoms with Crippen LogP contribution in [-0.2, 0) is 9.59 Å². The normalized spacial score (nSPS) is 11.5. The maximum Gasteiger partial charge on any atom is 0.262 e. The van der Waals surface area contributed by atoms with E-state index in [2.05, 4.69) is 10.6 Å². The highest BCUT2D eigenvalue weighted by Crippen LogP contribution is 2.28. The van der Waals surface area contributed by atoms with Gasteiger partial charge in [0.2, 0.25) is 5.91 Å². The maximum atomic E-state index is 12.6. The number of hydrogen-bond donors (Lipinski definition) is 2. The minimum absolute atomic E-state index is 0.0841. The number of carbonyl (C=O) groups excluding carboxylic acids is 2. The number of thioether (sulfide) groups is 1. The largest absolute Gasteiger partial charge is 0.484 e. The summed E-state index contributed by atoms with van der Waals surface area (Å²) in [4.78, 5) is 25.6. The van der Waals surface area contributed by atoms with E-state index in [4.69, 9.17) is 16.3 Å². The van der Waals surface area contributed by atoms with Crippen molar-refractivity contribution in [3.05, 3.63) is 83.4 Å². The van der Waals surface area contributed by atoms with E-state index in [9.17, 15) is 9.59 Å². The molecule has 0 heterocycles. The lowest BCUT2D eigenvalue weighted by Crippen LogP contribution is -2.23. The molecule has 160 valence electrons. The highest BCUT2D eigenvalue weighted by molar-refractivity contribution is 8.00. The average molecular weight is 455 g/mol. The van der Waals surface area contributed by atoms with Crippen LogP contribution in [0.4, 0.5) is 11.4 Å². The molecule has 1 unspecified atom stereocenters. The van der Waals surface area contributed by atoms with E-state index in [0.29, 0.717) is 22.1 Å². The van der Waals surface area contributed by atoms with Gasteiger partial charge in [-0.05, 0) is 61.9 Å². The molecule has 3 aromatic carbocycles. The highest BCUT2D eigenvalue weighted by Gasteiger charge is 2.16. The Bertz CT molecular complexity index is 1060. The van der Waals surface area contributed by atoms with E-state index in [-0.39, 0.29) is 23.7 Å². The molecule has 7 heteroatoms. The molecule has 0 aliphatic rings. The Balaban J connectivity index is 1.55. The molecule has 5 nitrogen and oxygen atoms in total. The van der Waals surface area contributed by atoms with Gasteiger partial charge >= 0.3 is 0 Å². The van der Waals surface area contributed by atoms with Gasteiger partial charge in [-0.1, -0.05) is 41.9 Å². The van der Waals surface area contributed by atoms with E-state index in [1.807, 2.05) is 56.3 Å². The number of carbonyl (C=O) groups is 2. The van der Waals surface area contributed by atoms with Crippen molar-refractivity contribution in [3.63, 3.8) is 0 Å². The van der Waals surface area contributed by atoms with Crippen LogP contribution in [0.1, 0.15) is 12.5 Å². The van der Waals surface area contributed by atoms with Gasteiger partial charge in [-0.15, -0.1) is 11.8 Å². The number of para-hydroxylation sites is 1. The first-order valence-electron chi connectivity index (χ1n) is 9.73. The highest BCUT2D eigenvalue weighted by atomic mass is 35.5. The summed E-state index contributed by atoms with van der Waals surface area (Å²) >= 11 is 7.53. The molecule has 0 bridgehead atoms. The second kappa shape index (κ2) is 10.9. The molecule has 0 radical (unpaired) electrons. The third-order valence-electron chi connectivity index (χ3n) is 4.44. The topological polar surface area (TPSA) is 67.4 Å². The van der Waals surface area contributed by atoms with E-state index >= 15 is 0 Å². The molecule has 31 heavy (non-hydrogen) atoms. The monoisotopic (exact) mass is 454 g/mol. The van der Waals surface area contributed by atoms with Crippen LogP contribution in [0.15, 0.2) is 77.7 Å². The van der Waals surface area contributed by atoms with E-state index < -0.39 is 0 Å². The Morgan fingerprint density at radius 1 is 1.00 bits per heavy atom. The number of rotatable bonds is 8. The molecule has 0 spiro atoms. The van der Waals surface area contributed by atoms with Gasteiger partial charge in [0, 0.05) is 21.3 Å². The molecule has 2 amide bonds. The number of amides is 2. The van der Waals surface area contributed by atoms with Gasteiger partial charge in [0.1, 0.15) is 5.75 Å². The first-order valence-corrected chi connectivity index (χ1v) is 11.0. The minimum Gasteiger partial charge on any atom is -0.484 e. The van der Waals surface area contributed by atoms with Crippen LogP contribution >= 0.6 is 23.4 Å². The Morgan fingerprint density at radius 2 is 1.74 bits per heavy atom. The number of anilines is 2. The van der Waals surface area contributed by atoms with Crippen LogP contribution in [0.25, 0.3) is 0 Å². The van der Waals surface area contributed by atoms with Crippen molar-refractivity contribution in [2.24, 2.45) is 0 Å². The second-order valence-electron chi connectivity index (χ2n) is 6.84. The number of benzene rings is 3. The minimum atomic E-state index is -0.342. The lowest BCUT2D eigenvalue weighted by atomic mass is 10.2. The van der Waals surface area contributed by atoms with Crippen LogP contribution in [-0.4, -0.2) is 23.7 Å². The molecular weight excluding hydrogens is 432 g/mol. The maximum absolute atomic E-state index is 12.6. The van der Waals surface area contributed by atoms with E-state index in [0.717, 1.165) is 10.5 Å². The summed E-state index contributed by atoms with van der Waals surface area (Å²) in [5, 5.41) is 6.00. The summed E-state index contributed by atoms with van der Waals surface area (Å²) < 4.78 is 5.46. The smallest absolute Gasteiger partial charge is 0.262 e. The summed E-state index contributed by atoms with van der Waals surface area (Å²) in [6, 6.07) is 21.9. The number of nitrogens with one attached hydrogen (secondary N) is 2. The second-order valence-corrected chi connectivity index (χ2v) is 8.66. The fraction of sp³-hybridized carbons (Fsp3) is 0.167. The first-order chi connectivity index (χ1) is 14.9. The van der Waals surface area contributed by atoms with Crippen LogP contribution in [0.5, 0.6) is 5.75 Å². The lowest BCUT2D eigenvalue weighted by Gasteiger charge is -2.15. The molecule has 0 aromatic heterocycles. The molecule has 0 fully saturated rings. The van der Waals surface area contributed by atoms with Gasteiger partial charge in [-0.2, -0.15) is 0 Å². The van der Waals surface area contributed by atoms with Crippen molar-refractivity contribution >= 4 is 46.6 Å². The van der Waals surface area contributed by atoms with E-state index in [1.165, 1.54) is 11.8 Å². The lowest BCUT2D eigenvalue weighted by molar-refractivity contribution is -0.118. The van der Waals surface area contributed by atoms with Crippen LogP contribution in [0.3, 0.4) is 0 Å². The van der Waals surface area contributed by atoms with Gasteiger partial charge < -0.3 is 15.4 Å². The van der Waals surface area contributed by atoms with Gasteiger partial charge in [-0.3, -0.25) is 9.59 Å². The van der Waals surface area contributed by atoms with Gasteiger partial charge in [-0.25, -0.2) is 0 Å². The van der Waals surface area contributed by atoms with E-state index in [1.54, 1.807) is 30.3 Å². The van der Waals surface area contributed by atoms with Crippen molar-refractivity contribution in [1.82, 2.24) is 0 Å². The zero-order valence-corrected chi connectivity index (χ0v) is 18.8. The third-order valence-corrected chi connectivity index (χ3v) is 5.94. The average Bonchev–Trinajstić information content (AvgIpc) is 2.76. The summed E-state index contributed by atoms with van der Waals surface area (Å²) in [6.45, 7) is 3.61. The zero-order chi connectivity index (χ0) is 22.2. The van der Waals surface area contributed by atoms with Gasteiger partial charge in [0.25, 0.3) is 5.91 Å². The number of hydrogen-bond acceptors (Lipinski definition) is 4. The van der Waals surface area contributed by atoms with Gasteiger partial charge in [0.15, 0.2) is 6.61 Å². The summed E-state index contributed by atoms with van der Waals surface area (Å²) in [5.41, 5.74) is 2.17. The molecule has 0 saturated heterocycles. The Morgan fingerprint density at radius 3 is 2.52 bits per heavy atom. The summed E-state index contributed by atoms with van der Waals surface area (Å²) in [6.07, 6.45) is 0. The molecule has 1 atom stereocenters. The summed E-state index contributed by atoms with van der Waals surface area (Å²) in [7, 11) is 0. The standard InChI is InChI=1S/C24H23ClN2O3S/c1-16-21(25)12-7-13-22(16)27-24(29)17(2)31-20-11-6-8-18(14-20)26-23(28)15-30-19-9-4-3-5-10-19/h3-14,17H,15H2,1-2H3,(H,26,28)(H,27,29). The van der Waals surface area contributed by atoms with Crippen molar-refractivity contribution in [2.45, 2.75) is 24.0 Å². The van der Waals surface area contributed by atoms with Gasteiger partial charge in [0.05, 0.1) is 5.25 Å². The molecule has 3 rings (SSSR count).